The summed E-state index contributed by atoms with van der Waals surface area (Å²) in [6.07, 6.45) is 1.68. The first kappa shape index (κ1) is 17.5. The fourth-order valence-corrected chi connectivity index (χ4v) is 2.56. The van der Waals surface area contributed by atoms with E-state index in [1.165, 1.54) is 0 Å². The number of rotatable bonds is 7. The second-order valence-electron chi connectivity index (χ2n) is 5.85. The highest BCUT2D eigenvalue weighted by Crippen LogP contribution is 2.34. The molecule has 0 spiro atoms. The molecule has 3 nitrogen and oxygen atoms in total. The van der Waals surface area contributed by atoms with E-state index in [0.29, 0.717) is 19.0 Å². The number of carbonyl (C=O) groups is 1. The lowest BCUT2D eigenvalue weighted by atomic mass is 9.85. The lowest BCUT2D eigenvalue weighted by Crippen LogP contribution is -2.39. The molecule has 1 aromatic rings. The van der Waals surface area contributed by atoms with Crippen LogP contribution in [-0.4, -0.2) is 24.1 Å². The van der Waals surface area contributed by atoms with Gasteiger partial charge in [-0.05, 0) is 38.7 Å². The molecule has 1 aromatic carbocycles. The van der Waals surface area contributed by atoms with Crippen LogP contribution in [0.25, 0.3) is 0 Å². The Morgan fingerprint density at radius 2 is 1.76 bits per heavy atom. The first-order chi connectivity index (χ1) is 9.96. The van der Waals surface area contributed by atoms with E-state index in [1.807, 2.05) is 51.1 Å². The fourth-order valence-electron chi connectivity index (χ4n) is 2.56. The highest BCUT2D eigenvalue weighted by Gasteiger charge is 2.33. The molecule has 1 amide bonds. The number of ether oxygens (including phenoxy) is 1. The zero-order valence-electron chi connectivity index (χ0n) is 14.1. The Morgan fingerprint density at radius 3 is 2.24 bits per heavy atom. The van der Waals surface area contributed by atoms with Gasteiger partial charge >= 0.3 is 6.09 Å². The van der Waals surface area contributed by atoms with Crippen LogP contribution in [0.5, 0.6) is 0 Å². The molecule has 0 bridgehead atoms. The third-order valence-electron chi connectivity index (χ3n) is 4.15. The van der Waals surface area contributed by atoms with Crippen molar-refractivity contribution in [3.05, 3.63) is 35.9 Å². The van der Waals surface area contributed by atoms with Crippen molar-refractivity contribution in [3.63, 3.8) is 0 Å². The van der Waals surface area contributed by atoms with Crippen LogP contribution in [0.4, 0.5) is 4.79 Å². The van der Waals surface area contributed by atoms with E-state index in [-0.39, 0.29) is 6.09 Å². The summed E-state index contributed by atoms with van der Waals surface area (Å²) in [6, 6.07) is 10.1. The molecule has 0 aliphatic heterocycles. The second kappa shape index (κ2) is 8.06. The Kier molecular flexibility index (Phi) is 6.73. The number of hydrogen-bond donors (Lipinski definition) is 0. The van der Waals surface area contributed by atoms with Crippen molar-refractivity contribution in [2.24, 2.45) is 5.92 Å². The zero-order chi connectivity index (χ0) is 15.9. The van der Waals surface area contributed by atoms with Crippen LogP contribution in [0.2, 0.25) is 0 Å². The summed E-state index contributed by atoms with van der Waals surface area (Å²) in [5.41, 5.74) is 0.488. The summed E-state index contributed by atoms with van der Waals surface area (Å²) in [6.45, 7) is 11.7. The van der Waals surface area contributed by atoms with Crippen molar-refractivity contribution in [1.82, 2.24) is 4.90 Å². The molecular formula is C18H29NO2. The average Bonchev–Trinajstić information content (AvgIpc) is 2.49. The molecule has 2 unspecified atom stereocenters. The Labute approximate surface area is 129 Å². The lowest BCUT2D eigenvalue weighted by molar-refractivity contribution is -0.0148. The third-order valence-corrected chi connectivity index (χ3v) is 4.15. The van der Waals surface area contributed by atoms with Gasteiger partial charge in [-0.15, -0.1) is 0 Å². The molecule has 0 saturated heterocycles. The molecule has 2 atom stereocenters. The SMILES string of the molecule is CCC(C)CC(C)(OC(=O)N(CC)CC)c1ccccc1. The summed E-state index contributed by atoms with van der Waals surface area (Å²) in [5.74, 6) is 0.500. The van der Waals surface area contributed by atoms with Gasteiger partial charge < -0.3 is 9.64 Å². The van der Waals surface area contributed by atoms with E-state index in [2.05, 4.69) is 13.8 Å². The van der Waals surface area contributed by atoms with Crippen molar-refractivity contribution in [3.8, 4) is 0 Å². The van der Waals surface area contributed by atoms with Crippen molar-refractivity contribution in [2.75, 3.05) is 13.1 Å². The number of amides is 1. The molecule has 0 aliphatic carbocycles. The van der Waals surface area contributed by atoms with Crippen LogP contribution >= 0.6 is 0 Å². The summed E-state index contributed by atoms with van der Waals surface area (Å²) in [7, 11) is 0. The molecule has 0 aromatic heterocycles. The average molecular weight is 291 g/mol. The fraction of sp³-hybridized carbons (Fsp3) is 0.611. The normalized spacial score (nSPS) is 15.1. The van der Waals surface area contributed by atoms with Gasteiger partial charge in [0.2, 0.25) is 0 Å². The molecule has 0 fully saturated rings. The number of nitrogens with zero attached hydrogens (tertiary/aromatic N) is 1. The minimum Gasteiger partial charge on any atom is -0.438 e. The first-order valence-corrected chi connectivity index (χ1v) is 8.00. The van der Waals surface area contributed by atoms with Crippen molar-refractivity contribution < 1.29 is 9.53 Å². The van der Waals surface area contributed by atoms with Gasteiger partial charge in [0.25, 0.3) is 0 Å². The zero-order valence-corrected chi connectivity index (χ0v) is 14.1. The summed E-state index contributed by atoms with van der Waals surface area (Å²) in [4.78, 5) is 14.1. The Bertz CT molecular complexity index is 428. The van der Waals surface area contributed by atoms with Gasteiger partial charge in [0, 0.05) is 13.1 Å². The largest absolute Gasteiger partial charge is 0.438 e. The molecule has 0 radical (unpaired) electrons. The van der Waals surface area contributed by atoms with E-state index in [0.717, 1.165) is 18.4 Å². The minimum absolute atomic E-state index is 0.227. The molecule has 118 valence electrons. The van der Waals surface area contributed by atoms with Gasteiger partial charge in [-0.2, -0.15) is 0 Å². The monoisotopic (exact) mass is 291 g/mol. The summed E-state index contributed by atoms with van der Waals surface area (Å²) >= 11 is 0. The van der Waals surface area contributed by atoms with Gasteiger partial charge in [0.05, 0.1) is 0 Å². The summed E-state index contributed by atoms with van der Waals surface area (Å²) < 4.78 is 5.93. The van der Waals surface area contributed by atoms with E-state index in [9.17, 15) is 4.79 Å². The van der Waals surface area contributed by atoms with Gasteiger partial charge in [-0.25, -0.2) is 4.79 Å². The van der Waals surface area contributed by atoms with Crippen molar-refractivity contribution in [1.29, 1.82) is 0 Å². The van der Waals surface area contributed by atoms with Crippen LogP contribution in [0.3, 0.4) is 0 Å². The first-order valence-electron chi connectivity index (χ1n) is 8.00. The molecule has 21 heavy (non-hydrogen) atoms. The van der Waals surface area contributed by atoms with E-state index in [4.69, 9.17) is 4.74 Å². The second-order valence-corrected chi connectivity index (χ2v) is 5.85. The molecule has 0 N–H and O–H groups in total. The highest BCUT2D eigenvalue weighted by atomic mass is 16.6. The molecule has 0 heterocycles. The predicted octanol–water partition coefficient (Wildman–Crippen LogP) is 4.82. The number of hydrogen-bond acceptors (Lipinski definition) is 2. The van der Waals surface area contributed by atoms with Gasteiger partial charge in [-0.3, -0.25) is 0 Å². The van der Waals surface area contributed by atoms with Crippen LogP contribution in [0.1, 0.15) is 53.0 Å². The molecule has 3 heteroatoms. The van der Waals surface area contributed by atoms with Crippen molar-refractivity contribution >= 4 is 6.09 Å². The maximum Gasteiger partial charge on any atom is 0.410 e. The van der Waals surface area contributed by atoms with Crippen LogP contribution in [-0.2, 0) is 10.3 Å². The van der Waals surface area contributed by atoms with Gasteiger partial charge in [-0.1, -0.05) is 50.6 Å². The van der Waals surface area contributed by atoms with Gasteiger partial charge in [0.15, 0.2) is 0 Å². The molecule has 1 rings (SSSR count). The van der Waals surface area contributed by atoms with E-state index >= 15 is 0 Å². The number of benzene rings is 1. The maximum absolute atomic E-state index is 12.4. The van der Waals surface area contributed by atoms with Crippen LogP contribution in [0, 0.1) is 5.92 Å². The van der Waals surface area contributed by atoms with Crippen LogP contribution in [0.15, 0.2) is 30.3 Å². The Morgan fingerprint density at radius 1 is 1.19 bits per heavy atom. The standard InChI is InChI=1S/C18H29NO2/c1-6-15(4)14-18(5,16-12-10-9-11-13-16)21-17(20)19(7-2)8-3/h9-13,15H,6-8,14H2,1-5H3. The Hall–Kier alpha value is -1.51. The van der Waals surface area contributed by atoms with Gasteiger partial charge in [0.1, 0.15) is 5.60 Å². The Balaban J connectivity index is 3.00. The minimum atomic E-state index is -0.573. The van der Waals surface area contributed by atoms with E-state index < -0.39 is 5.60 Å². The van der Waals surface area contributed by atoms with Crippen molar-refractivity contribution in [2.45, 2.75) is 53.1 Å². The number of carbonyl (C=O) groups excluding carboxylic acids is 1. The predicted molar refractivity (Wildman–Crippen MR) is 87.3 cm³/mol. The molecule has 0 aliphatic rings. The maximum atomic E-state index is 12.4. The third kappa shape index (κ3) is 4.76. The highest BCUT2D eigenvalue weighted by molar-refractivity contribution is 5.68. The summed E-state index contributed by atoms with van der Waals surface area (Å²) in [5, 5.41) is 0. The topological polar surface area (TPSA) is 29.5 Å². The lowest BCUT2D eigenvalue weighted by Gasteiger charge is -2.34. The molecule has 0 saturated carbocycles. The quantitative estimate of drug-likeness (QED) is 0.721. The molecular weight excluding hydrogens is 262 g/mol. The van der Waals surface area contributed by atoms with E-state index in [1.54, 1.807) is 4.90 Å². The smallest absolute Gasteiger partial charge is 0.410 e. The van der Waals surface area contributed by atoms with Crippen LogP contribution < -0.4 is 0 Å².